The molecule has 21 heavy (non-hydrogen) atoms. The van der Waals surface area contributed by atoms with Crippen molar-refractivity contribution in [1.29, 1.82) is 0 Å². The van der Waals surface area contributed by atoms with Crippen LogP contribution in [0.3, 0.4) is 0 Å². The number of amides is 1. The average molecular weight is 295 g/mol. The van der Waals surface area contributed by atoms with E-state index in [9.17, 15) is 19.2 Å². The lowest BCUT2D eigenvalue weighted by molar-refractivity contribution is -0.141. The summed E-state index contributed by atoms with van der Waals surface area (Å²) in [5.41, 5.74) is -1.64. The Hall–Kier alpha value is -2.38. The van der Waals surface area contributed by atoms with Gasteiger partial charge in [0, 0.05) is 12.2 Å². The van der Waals surface area contributed by atoms with Crippen molar-refractivity contribution in [1.82, 2.24) is 14.9 Å². The van der Waals surface area contributed by atoms with Crippen LogP contribution < -0.4 is 11.2 Å². The van der Waals surface area contributed by atoms with Crippen LogP contribution in [-0.4, -0.2) is 46.4 Å². The second kappa shape index (κ2) is 6.38. The van der Waals surface area contributed by atoms with Gasteiger partial charge >= 0.3 is 11.7 Å². The monoisotopic (exact) mass is 295 g/mol. The highest BCUT2D eigenvalue weighted by molar-refractivity contribution is 5.95. The van der Waals surface area contributed by atoms with Crippen molar-refractivity contribution in [3.63, 3.8) is 0 Å². The summed E-state index contributed by atoms with van der Waals surface area (Å²) in [6, 6.07) is -0.0945. The quantitative estimate of drug-likeness (QED) is 0.735. The van der Waals surface area contributed by atoms with E-state index in [0.717, 1.165) is 31.9 Å². The molecule has 0 radical (unpaired) electrons. The number of hydrogen-bond donors (Lipinski definition) is 2. The summed E-state index contributed by atoms with van der Waals surface area (Å²) in [6.45, 7) is -0.210. The van der Waals surface area contributed by atoms with Gasteiger partial charge in [0.05, 0.1) is 7.11 Å². The first-order valence-electron chi connectivity index (χ1n) is 6.72. The highest BCUT2D eigenvalue weighted by Gasteiger charge is 2.30. The van der Waals surface area contributed by atoms with Crippen molar-refractivity contribution >= 4 is 11.9 Å². The van der Waals surface area contributed by atoms with Gasteiger partial charge in [0.15, 0.2) is 0 Å². The Balaban J connectivity index is 2.30. The SMILES string of the molecule is COC(=O)CN(C(=O)c1c[nH]c(=O)[nH]c1=O)C1CCCC1. The fraction of sp³-hybridized carbons (Fsp3) is 0.538. The molecule has 0 spiro atoms. The molecule has 1 aromatic heterocycles. The van der Waals surface area contributed by atoms with Crippen molar-refractivity contribution < 1.29 is 14.3 Å². The van der Waals surface area contributed by atoms with E-state index < -0.39 is 23.1 Å². The molecule has 114 valence electrons. The molecule has 1 amide bonds. The number of aromatic nitrogens is 2. The van der Waals surface area contributed by atoms with Crippen LogP contribution in [0.2, 0.25) is 0 Å². The van der Waals surface area contributed by atoms with E-state index in [0.29, 0.717) is 0 Å². The fourth-order valence-electron chi connectivity index (χ4n) is 2.51. The first-order chi connectivity index (χ1) is 10.0. The van der Waals surface area contributed by atoms with Gasteiger partial charge < -0.3 is 14.6 Å². The Bertz CT molecular complexity index is 642. The summed E-state index contributed by atoms with van der Waals surface area (Å²) in [5.74, 6) is -1.12. The molecule has 0 atom stereocenters. The van der Waals surface area contributed by atoms with Crippen molar-refractivity contribution in [2.75, 3.05) is 13.7 Å². The number of hydrogen-bond acceptors (Lipinski definition) is 5. The van der Waals surface area contributed by atoms with Crippen LogP contribution >= 0.6 is 0 Å². The van der Waals surface area contributed by atoms with Gasteiger partial charge in [-0.3, -0.25) is 19.4 Å². The zero-order valence-corrected chi connectivity index (χ0v) is 11.7. The standard InChI is InChI=1S/C13H17N3O5/c1-21-10(17)7-16(8-4-2-3-5-8)12(19)9-6-14-13(20)15-11(9)18/h6,8H,2-5,7H2,1H3,(H2,14,15,18,20). The van der Waals surface area contributed by atoms with Gasteiger partial charge in [0.25, 0.3) is 11.5 Å². The van der Waals surface area contributed by atoms with Crippen molar-refractivity contribution in [2.45, 2.75) is 31.7 Å². The highest BCUT2D eigenvalue weighted by atomic mass is 16.5. The van der Waals surface area contributed by atoms with Crippen LogP contribution in [0.5, 0.6) is 0 Å². The number of aromatic amines is 2. The van der Waals surface area contributed by atoms with Crippen LogP contribution in [-0.2, 0) is 9.53 Å². The van der Waals surface area contributed by atoms with E-state index in [1.54, 1.807) is 0 Å². The van der Waals surface area contributed by atoms with E-state index in [1.807, 2.05) is 4.98 Å². The molecule has 1 heterocycles. The molecule has 0 aromatic carbocycles. The number of ether oxygens (including phenoxy) is 1. The van der Waals surface area contributed by atoms with Gasteiger partial charge in [-0.15, -0.1) is 0 Å². The van der Waals surface area contributed by atoms with E-state index in [1.165, 1.54) is 12.0 Å². The van der Waals surface area contributed by atoms with Crippen LogP contribution in [0.4, 0.5) is 0 Å². The number of H-pyrrole nitrogens is 2. The van der Waals surface area contributed by atoms with Gasteiger partial charge in [0.2, 0.25) is 0 Å². The maximum atomic E-state index is 12.5. The molecule has 8 heteroatoms. The minimum atomic E-state index is -0.767. The summed E-state index contributed by atoms with van der Waals surface area (Å²) in [4.78, 5) is 52.3. The summed E-state index contributed by atoms with van der Waals surface area (Å²) in [7, 11) is 1.24. The van der Waals surface area contributed by atoms with E-state index in [2.05, 4.69) is 9.72 Å². The number of nitrogens with zero attached hydrogens (tertiary/aromatic N) is 1. The zero-order valence-electron chi connectivity index (χ0n) is 11.7. The first-order valence-corrected chi connectivity index (χ1v) is 6.72. The molecule has 1 aromatic rings. The molecule has 2 N–H and O–H groups in total. The zero-order chi connectivity index (χ0) is 15.4. The highest BCUT2D eigenvalue weighted by Crippen LogP contribution is 2.24. The third-order valence-corrected chi connectivity index (χ3v) is 3.60. The number of methoxy groups -OCH3 is 1. The third kappa shape index (κ3) is 3.39. The summed E-state index contributed by atoms with van der Waals surface area (Å²) < 4.78 is 4.60. The van der Waals surface area contributed by atoms with Crippen LogP contribution in [0.15, 0.2) is 15.8 Å². The van der Waals surface area contributed by atoms with Crippen LogP contribution in [0.25, 0.3) is 0 Å². The molecule has 8 nitrogen and oxygen atoms in total. The maximum absolute atomic E-state index is 12.5. The fourth-order valence-corrected chi connectivity index (χ4v) is 2.51. The normalized spacial score (nSPS) is 14.9. The second-order valence-corrected chi connectivity index (χ2v) is 4.93. The van der Waals surface area contributed by atoms with Gasteiger partial charge in [-0.1, -0.05) is 12.8 Å². The molecule has 0 bridgehead atoms. The molecule has 1 saturated carbocycles. The Morgan fingerprint density at radius 2 is 2.00 bits per heavy atom. The Morgan fingerprint density at radius 1 is 1.33 bits per heavy atom. The van der Waals surface area contributed by atoms with Gasteiger partial charge in [0.1, 0.15) is 12.1 Å². The molecule has 1 aliphatic carbocycles. The summed E-state index contributed by atoms with van der Waals surface area (Å²) >= 11 is 0. The van der Waals surface area contributed by atoms with Crippen molar-refractivity contribution in [3.8, 4) is 0 Å². The summed E-state index contributed by atoms with van der Waals surface area (Å²) in [5, 5.41) is 0. The molecular weight excluding hydrogens is 278 g/mol. The predicted molar refractivity (Wildman–Crippen MR) is 73.0 cm³/mol. The molecule has 0 unspecified atom stereocenters. The lowest BCUT2D eigenvalue weighted by atomic mass is 10.1. The second-order valence-electron chi connectivity index (χ2n) is 4.93. The van der Waals surface area contributed by atoms with E-state index in [4.69, 9.17) is 0 Å². The van der Waals surface area contributed by atoms with Gasteiger partial charge in [-0.05, 0) is 12.8 Å². The molecule has 2 rings (SSSR count). The number of rotatable bonds is 4. The molecule has 1 fully saturated rings. The Morgan fingerprint density at radius 3 is 2.57 bits per heavy atom. The molecule has 0 aliphatic heterocycles. The smallest absolute Gasteiger partial charge is 0.325 e. The molecular formula is C13H17N3O5. The minimum absolute atomic E-state index is 0.0945. The van der Waals surface area contributed by atoms with Crippen LogP contribution in [0, 0.1) is 0 Å². The van der Waals surface area contributed by atoms with Crippen molar-refractivity contribution in [2.24, 2.45) is 0 Å². The third-order valence-electron chi connectivity index (χ3n) is 3.60. The Labute approximate surface area is 120 Å². The average Bonchev–Trinajstić information content (AvgIpc) is 2.97. The largest absolute Gasteiger partial charge is 0.468 e. The lowest BCUT2D eigenvalue weighted by Gasteiger charge is -2.27. The van der Waals surface area contributed by atoms with Gasteiger partial charge in [-0.25, -0.2) is 4.79 Å². The van der Waals surface area contributed by atoms with Crippen molar-refractivity contribution in [3.05, 3.63) is 32.6 Å². The van der Waals surface area contributed by atoms with E-state index >= 15 is 0 Å². The number of esters is 1. The molecule has 0 saturated heterocycles. The number of carbonyl (C=O) groups is 2. The lowest BCUT2D eigenvalue weighted by Crippen LogP contribution is -2.45. The van der Waals surface area contributed by atoms with E-state index in [-0.39, 0.29) is 18.2 Å². The predicted octanol–water partition coefficient (Wildman–Crippen LogP) is -0.379. The maximum Gasteiger partial charge on any atom is 0.325 e. The first kappa shape index (κ1) is 15.0. The number of carbonyl (C=O) groups excluding carboxylic acids is 2. The molecule has 1 aliphatic rings. The Kier molecular flexibility index (Phi) is 4.56. The summed E-state index contributed by atoms with van der Waals surface area (Å²) in [6.07, 6.45) is 4.58. The van der Waals surface area contributed by atoms with Gasteiger partial charge in [-0.2, -0.15) is 0 Å². The minimum Gasteiger partial charge on any atom is -0.468 e. The number of nitrogens with one attached hydrogen (secondary N) is 2. The van der Waals surface area contributed by atoms with Crippen LogP contribution in [0.1, 0.15) is 36.0 Å². The topological polar surface area (TPSA) is 112 Å².